The van der Waals surface area contributed by atoms with E-state index in [0.717, 1.165) is 28.7 Å². The third kappa shape index (κ3) is 2.94. The van der Waals surface area contributed by atoms with Crippen LogP contribution in [0.4, 0.5) is 21.7 Å². The Bertz CT molecular complexity index is 1330. The molecule has 7 heteroatoms. The van der Waals surface area contributed by atoms with Gasteiger partial charge in [0.25, 0.3) is 0 Å². The maximum absolute atomic E-state index is 14.0. The van der Waals surface area contributed by atoms with Crippen molar-refractivity contribution in [2.45, 2.75) is 19.3 Å². The van der Waals surface area contributed by atoms with E-state index in [1.165, 1.54) is 12.1 Å². The first-order valence-corrected chi connectivity index (χ1v) is 9.64. The molecule has 0 radical (unpaired) electrons. The van der Waals surface area contributed by atoms with Gasteiger partial charge >= 0.3 is 0 Å². The lowest BCUT2D eigenvalue weighted by molar-refractivity contribution is 0.586. The van der Waals surface area contributed by atoms with Gasteiger partial charge in [-0.1, -0.05) is 13.8 Å². The molecule has 0 saturated carbocycles. The number of hydrogen-bond donors (Lipinski definition) is 3. The van der Waals surface area contributed by atoms with E-state index < -0.39 is 0 Å². The van der Waals surface area contributed by atoms with Crippen LogP contribution in [-0.4, -0.2) is 21.5 Å². The molecule has 30 heavy (non-hydrogen) atoms. The predicted molar refractivity (Wildman–Crippen MR) is 115 cm³/mol. The van der Waals surface area contributed by atoms with Gasteiger partial charge in [0.15, 0.2) is 0 Å². The minimum atomic E-state index is -0.351. The smallest absolute Gasteiger partial charge is 0.227 e. The normalized spacial score (nSPS) is 14.2. The van der Waals surface area contributed by atoms with Crippen LogP contribution in [0.15, 0.2) is 48.8 Å². The molecule has 0 aliphatic carbocycles. The standard InChI is InChI=1S/C23H19FN6/c1-23(2)12-28-21-14(11-25)7-13(8-17(21)23)18-4-6-27-22(29-18)30-20-10-15(24)9-19-16(20)3-5-26-19/h3-10,26,28H,12H2,1-2H3,(H,27,29,30). The van der Waals surface area contributed by atoms with E-state index >= 15 is 0 Å². The van der Waals surface area contributed by atoms with Gasteiger partial charge in [0.1, 0.15) is 11.9 Å². The number of rotatable bonds is 3. The molecule has 2 aromatic carbocycles. The Hall–Kier alpha value is -3.92. The monoisotopic (exact) mass is 398 g/mol. The van der Waals surface area contributed by atoms with Crippen molar-refractivity contribution in [3.63, 3.8) is 0 Å². The summed E-state index contributed by atoms with van der Waals surface area (Å²) in [7, 11) is 0. The third-order valence-electron chi connectivity index (χ3n) is 5.53. The summed E-state index contributed by atoms with van der Waals surface area (Å²) >= 11 is 0. The Balaban J connectivity index is 1.56. The Kier molecular flexibility index (Phi) is 3.97. The van der Waals surface area contributed by atoms with Crippen LogP contribution in [0, 0.1) is 17.1 Å². The van der Waals surface area contributed by atoms with Crippen molar-refractivity contribution in [1.29, 1.82) is 5.26 Å². The molecular weight excluding hydrogens is 379 g/mol. The third-order valence-corrected chi connectivity index (χ3v) is 5.53. The largest absolute Gasteiger partial charge is 0.383 e. The molecule has 0 saturated heterocycles. The molecule has 1 aliphatic rings. The zero-order valence-corrected chi connectivity index (χ0v) is 16.5. The van der Waals surface area contributed by atoms with Crippen LogP contribution < -0.4 is 10.6 Å². The van der Waals surface area contributed by atoms with E-state index in [1.54, 1.807) is 18.5 Å². The number of aromatic nitrogens is 3. The van der Waals surface area contributed by atoms with Crippen molar-refractivity contribution in [3.05, 3.63) is 65.7 Å². The van der Waals surface area contributed by atoms with Crippen LogP contribution in [0.25, 0.3) is 22.2 Å². The van der Waals surface area contributed by atoms with Gasteiger partial charge in [0, 0.05) is 35.3 Å². The molecule has 0 amide bonds. The van der Waals surface area contributed by atoms with Gasteiger partial charge in [-0.05, 0) is 42.0 Å². The molecular formula is C23H19FN6. The van der Waals surface area contributed by atoms with Gasteiger partial charge in [-0.3, -0.25) is 0 Å². The first kappa shape index (κ1) is 18.1. The molecule has 5 rings (SSSR count). The minimum Gasteiger partial charge on any atom is -0.383 e. The minimum absolute atomic E-state index is 0.0769. The second-order valence-electron chi connectivity index (χ2n) is 8.08. The molecule has 3 N–H and O–H groups in total. The highest BCUT2D eigenvalue weighted by Crippen LogP contribution is 2.41. The first-order valence-electron chi connectivity index (χ1n) is 9.64. The fraction of sp³-hybridized carbons (Fsp3) is 0.174. The van der Waals surface area contributed by atoms with Crippen LogP contribution in [0.3, 0.4) is 0 Å². The van der Waals surface area contributed by atoms with Crippen molar-refractivity contribution in [2.75, 3.05) is 17.2 Å². The maximum Gasteiger partial charge on any atom is 0.227 e. The lowest BCUT2D eigenvalue weighted by Gasteiger charge is -2.18. The highest BCUT2D eigenvalue weighted by Gasteiger charge is 2.32. The fourth-order valence-electron chi connectivity index (χ4n) is 3.94. The summed E-state index contributed by atoms with van der Waals surface area (Å²) in [4.78, 5) is 11.9. The Morgan fingerprint density at radius 3 is 2.90 bits per heavy atom. The number of nitrogens with zero attached hydrogens (tertiary/aromatic N) is 3. The second kappa shape index (κ2) is 6.56. The Morgan fingerprint density at radius 1 is 1.20 bits per heavy atom. The van der Waals surface area contributed by atoms with Crippen LogP contribution >= 0.6 is 0 Å². The lowest BCUT2D eigenvalue weighted by Crippen LogP contribution is -2.18. The fourth-order valence-corrected chi connectivity index (χ4v) is 3.94. The molecule has 3 heterocycles. The Labute approximate surface area is 172 Å². The first-order chi connectivity index (χ1) is 14.4. The molecule has 0 fully saturated rings. The van der Waals surface area contributed by atoms with Gasteiger partial charge in [0.2, 0.25) is 5.95 Å². The summed E-state index contributed by atoms with van der Waals surface area (Å²) in [6.07, 6.45) is 3.41. The van der Waals surface area contributed by atoms with E-state index in [2.05, 4.69) is 51.6 Å². The number of hydrogen-bond acceptors (Lipinski definition) is 5. The number of nitrogens with one attached hydrogen (secondary N) is 3. The molecule has 0 bridgehead atoms. The number of halogens is 1. The van der Waals surface area contributed by atoms with E-state index in [9.17, 15) is 9.65 Å². The number of aromatic amines is 1. The summed E-state index contributed by atoms with van der Waals surface area (Å²) < 4.78 is 14.0. The summed E-state index contributed by atoms with van der Waals surface area (Å²) in [5.41, 5.74) is 5.33. The van der Waals surface area contributed by atoms with Crippen LogP contribution in [0.1, 0.15) is 25.0 Å². The Morgan fingerprint density at radius 2 is 2.07 bits per heavy atom. The highest BCUT2D eigenvalue weighted by atomic mass is 19.1. The molecule has 148 valence electrons. The summed E-state index contributed by atoms with van der Waals surface area (Å²) in [5.74, 6) is 0.00705. The molecule has 0 atom stereocenters. The van der Waals surface area contributed by atoms with Gasteiger partial charge in [-0.25, -0.2) is 14.4 Å². The molecule has 0 unspecified atom stereocenters. The number of anilines is 3. The number of fused-ring (bicyclic) bond motifs is 2. The predicted octanol–water partition coefficient (Wildman–Crippen LogP) is 5.08. The van der Waals surface area contributed by atoms with Crippen molar-refractivity contribution < 1.29 is 4.39 Å². The van der Waals surface area contributed by atoms with Crippen molar-refractivity contribution in [2.24, 2.45) is 0 Å². The van der Waals surface area contributed by atoms with Gasteiger partial charge in [-0.2, -0.15) is 5.26 Å². The SMILES string of the molecule is CC1(C)CNc2c(C#N)cc(-c3ccnc(Nc4cc(F)cc5[nH]ccc45)n3)cc21. The van der Waals surface area contributed by atoms with Crippen molar-refractivity contribution in [3.8, 4) is 17.3 Å². The molecule has 1 aliphatic heterocycles. The zero-order chi connectivity index (χ0) is 20.9. The van der Waals surface area contributed by atoms with Crippen LogP contribution in [0.2, 0.25) is 0 Å². The topological polar surface area (TPSA) is 89.4 Å². The lowest BCUT2D eigenvalue weighted by atomic mass is 9.85. The number of benzene rings is 2. The van der Waals surface area contributed by atoms with E-state index in [1.807, 2.05) is 12.1 Å². The quantitative estimate of drug-likeness (QED) is 0.448. The van der Waals surface area contributed by atoms with Gasteiger partial charge in [0.05, 0.1) is 28.1 Å². The molecule has 6 nitrogen and oxygen atoms in total. The number of H-pyrrole nitrogens is 1. The maximum atomic E-state index is 14.0. The number of nitriles is 1. The van der Waals surface area contributed by atoms with Crippen molar-refractivity contribution in [1.82, 2.24) is 15.0 Å². The summed E-state index contributed by atoms with van der Waals surface area (Å²) in [6, 6.07) is 12.7. The average molecular weight is 398 g/mol. The zero-order valence-electron chi connectivity index (χ0n) is 16.5. The summed E-state index contributed by atoms with van der Waals surface area (Å²) in [6.45, 7) is 5.08. The van der Waals surface area contributed by atoms with Crippen molar-refractivity contribution >= 4 is 28.2 Å². The molecule has 2 aromatic heterocycles. The molecule has 4 aromatic rings. The average Bonchev–Trinajstić information content (AvgIpc) is 3.32. The van der Waals surface area contributed by atoms with Gasteiger partial charge in [-0.15, -0.1) is 0 Å². The van der Waals surface area contributed by atoms with E-state index in [0.29, 0.717) is 28.4 Å². The van der Waals surface area contributed by atoms with Crippen LogP contribution in [-0.2, 0) is 5.41 Å². The van der Waals surface area contributed by atoms with Crippen LogP contribution in [0.5, 0.6) is 0 Å². The molecule has 0 spiro atoms. The second-order valence-corrected chi connectivity index (χ2v) is 8.08. The van der Waals surface area contributed by atoms with Gasteiger partial charge < -0.3 is 15.6 Å². The van der Waals surface area contributed by atoms with E-state index in [4.69, 9.17) is 0 Å². The summed E-state index contributed by atoms with van der Waals surface area (Å²) in [5, 5.41) is 16.9. The highest BCUT2D eigenvalue weighted by molar-refractivity contribution is 5.93. The van der Waals surface area contributed by atoms with E-state index in [-0.39, 0.29) is 11.2 Å².